The Morgan fingerprint density at radius 3 is 2.38 bits per heavy atom. The van der Waals surface area contributed by atoms with Gasteiger partial charge >= 0.3 is 0 Å². The van der Waals surface area contributed by atoms with E-state index in [4.69, 9.17) is 11.0 Å². The lowest BCUT2D eigenvalue weighted by atomic mass is 10.0. The van der Waals surface area contributed by atoms with Crippen LogP contribution < -0.4 is 5.73 Å². The van der Waals surface area contributed by atoms with Gasteiger partial charge in [-0.2, -0.15) is 5.26 Å². The first-order chi connectivity index (χ1) is 6.15. The summed E-state index contributed by atoms with van der Waals surface area (Å²) in [6, 6.07) is 2.10. The second-order valence-electron chi connectivity index (χ2n) is 3.03. The molecule has 0 radical (unpaired) electrons. The molecule has 0 bridgehead atoms. The van der Waals surface area contributed by atoms with Crippen molar-refractivity contribution in [2.75, 3.05) is 0 Å². The minimum Gasteiger partial charge on any atom is -0.404 e. The molecule has 0 unspecified atom stereocenters. The highest BCUT2D eigenvalue weighted by Gasteiger charge is 1.99. The smallest absolute Gasteiger partial charge is 0.0991 e. The van der Waals surface area contributed by atoms with Crippen LogP contribution in [0.15, 0.2) is 35.6 Å². The van der Waals surface area contributed by atoms with E-state index in [-0.39, 0.29) is 0 Å². The van der Waals surface area contributed by atoms with Gasteiger partial charge in [0.2, 0.25) is 0 Å². The Morgan fingerprint density at radius 2 is 2.08 bits per heavy atom. The quantitative estimate of drug-likeness (QED) is 0.530. The summed E-state index contributed by atoms with van der Waals surface area (Å²) in [6.07, 6.45) is 6.96. The minimum atomic E-state index is 0.346. The van der Waals surface area contributed by atoms with Gasteiger partial charge in [-0.1, -0.05) is 19.9 Å². The molecule has 0 aliphatic rings. The molecule has 2 N–H and O–H groups in total. The van der Waals surface area contributed by atoms with Gasteiger partial charge < -0.3 is 5.73 Å². The second-order valence-corrected chi connectivity index (χ2v) is 3.03. The van der Waals surface area contributed by atoms with Gasteiger partial charge in [-0.15, -0.1) is 0 Å². The predicted octanol–water partition coefficient (Wildman–Crippen LogP) is 2.51. The summed E-state index contributed by atoms with van der Waals surface area (Å²) >= 11 is 0. The molecule has 0 heterocycles. The van der Waals surface area contributed by atoms with Crippen LogP contribution >= 0.6 is 0 Å². The van der Waals surface area contributed by atoms with E-state index in [0.717, 1.165) is 5.57 Å². The van der Waals surface area contributed by atoms with Crippen LogP contribution in [0.4, 0.5) is 0 Å². The van der Waals surface area contributed by atoms with Crippen molar-refractivity contribution in [2.24, 2.45) is 11.7 Å². The fourth-order valence-electron chi connectivity index (χ4n) is 0.884. The average molecular weight is 176 g/mol. The van der Waals surface area contributed by atoms with Crippen molar-refractivity contribution in [1.82, 2.24) is 0 Å². The highest BCUT2D eigenvalue weighted by atomic mass is 14.5. The molecule has 0 aromatic heterocycles. The van der Waals surface area contributed by atoms with E-state index < -0.39 is 0 Å². The van der Waals surface area contributed by atoms with E-state index in [9.17, 15) is 0 Å². The number of rotatable bonds is 3. The number of nitrogens with zero attached hydrogens (tertiary/aromatic N) is 1. The summed E-state index contributed by atoms with van der Waals surface area (Å²) in [4.78, 5) is 0. The lowest BCUT2D eigenvalue weighted by Crippen LogP contribution is -1.95. The van der Waals surface area contributed by atoms with Gasteiger partial charge in [-0.25, -0.2) is 0 Å². The van der Waals surface area contributed by atoms with Crippen molar-refractivity contribution in [1.29, 1.82) is 5.26 Å². The molecule has 0 atom stereocenters. The summed E-state index contributed by atoms with van der Waals surface area (Å²) in [5.74, 6) is 0.346. The molecule has 2 nitrogen and oxygen atoms in total. The standard InChI is InChI=1S/C11H16N2/c1-4-5-10(7-12)6-11(8-13)9(2)3/h4-6,8-9H,13H2,1-3H3/b5-4-,10-6+,11-8+. The summed E-state index contributed by atoms with van der Waals surface area (Å²) in [6.45, 7) is 5.96. The highest BCUT2D eigenvalue weighted by molar-refractivity contribution is 5.39. The van der Waals surface area contributed by atoms with Gasteiger partial charge in [0.05, 0.1) is 11.6 Å². The number of nitriles is 1. The Bertz CT molecular complexity index is 275. The number of hydrogen-bond donors (Lipinski definition) is 1. The summed E-state index contributed by atoms with van der Waals surface area (Å²) in [5.41, 5.74) is 7.05. The summed E-state index contributed by atoms with van der Waals surface area (Å²) in [7, 11) is 0. The summed E-state index contributed by atoms with van der Waals surface area (Å²) in [5, 5.41) is 8.75. The van der Waals surface area contributed by atoms with Crippen LogP contribution in [0.2, 0.25) is 0 Å². The Kier molecular flexibility index (Phi) is 5.38. The lowest BCUT2D eigenvalue weighted by Gasteiger charge is -2.04. The van der Waals surface area contributed by atoms with Gasteiger partial charge in [0, 0.05) is 0 Å². The first-order valence-corrected chi connectivity index (χ1v) is 4.32. The Morgan fingerprint density at radius 1 is 1.46 bits per heavy atom. The first kappa shape index (κ1) is 11.5. The molecule has 0 amide bonds. The zero-order chi connectivity index (χ0) is 10.3. The third-order valence-corrected chi connectivity index (χ3v) is 1.66. The van der Waals surface area contributed by atoms with E-state index in [1.807, 2.05) is 32.9 Å². The van der Waals surface area contributed by atoms with Crippen LogP contribution in [0.1, 0.15) is 20.8 Å². The molecule has 0 fully saturated rings. The Balaban J connectivity index is 4.79. The maximum atomic E-state index is 8.75. The molecule has 70 valence electrons. The van der Waals surface area contributed by atoms with Gasteiger partial charge in [0.1, 0.15) is 0 Å². The van der Waals surface area contributed by atoms with Crippen LogP contribution in [0, 0.1) is 17.2 Å². The maximum Gasteiger partial charge on any atom is 0.0991 e. The fourth-order valence-corrected chi connectivity index (χ4v) is 0.884. The predicted molar refractivity (Wildman–Crippen MR) is 55.6 cm³/mol. The van der Waals surface area contributed by atoms with Crippen LogP contribution in [0.5, 0.6) is 0 Å². The average Bonchev–Trinajstić information content (AvgIpc) is 2.11. The Labute approximate surface area is 80.1 Å². The third kappa shape index (κ3) is 4.17. The fraction of sp³-hybridized carbons (Fsp3) is 0.364. The Hall–Kier alpha value is -1.49. The zero-order valence-electron chi connectivity index (χ0n) is 8.41. The molecule has 0 aromatic rings. The van der Waals surface area contributed by atoms with E-state index in [1.165, 1.54) is 0 Å². The zero-order valence-corrected chi connectivity index (χ0v) is 8.41. The maximum absolute atomic E-state index is 8.75. The molecule has 0 aromatic carbocycles. The topological polar surface area (TPSA) is 49.8 Å². The van der Waals surface area contributed by atoms with E-state index in [2.05, 4.69) is 6.07 Å². The lowest BCUT2D eigenvalue weighted by molar-refractivity contribution is 0.787. The van der Waals surface area contributed by atoms with Gasteiger partial charge in [0.15, 0.2) is 0 Å². The first-order valence-electron chi connectivity index (χ1n) is 4.32. The normalized spacial score (nSPS) is 13.8. The van der Waals surface area contributed by atoms with Crippen molar-refractivity contribution >= 4 is 0 Å². The van der Waals surface area contributed by atoms with E-state index >= 15 is 0 Å². The van der Waals surface area contributed by atoms with Crippen molar-refractivity contribution in [2.45, 2.75) is 20.8 Å². The highest BCUT2D eigenvalue weighted by Crippen LogP contribution is 2.12. The number of allylic oxidation sites excluding steroid dienone is 5. The molecule has 13 heavy (non-hydrogen) atoms. The van der Waals surface area contributed by atoms with Crippen LogP contribution in [-0.2, 0) is 0 Å². The van der Waals surface area contributed by atoms with Crippen molar-refractivity contribution in [3.05, 3.63) is 35.6 Å². The molecule has 2 heteroatoms. The van der Waals surface area contributed by atoms with Crippen molar-refractivity contribution < 1.29 is 0 Å². The number of nitrogens with two attached hydrogens (primary N) is 1. The van der Waals surface area contributed by atoms with E-state index in [1.54, 1.807) is 12.3 Å². The molecule has 0 saturated heterocycles. The van der Waals surface area contributed by atoms with E-state index in [0.29, 0.717) is 11.5 Å². The summed E-state index contributed by atoms with van der Waals surface area (Å²) < 4.78 is 0. The van der Waals surface area contributed by atoms with Gasteiger partial charge in [-0.3, -0.25) is 0 Å². The van der Waals surface area contributed by atoms with Crippen molar-refractivity contribution in [3.8, 4) is 6.07 Å². The molecular weight excluding hydrogens is 160 g/mol. The van der Waals surface area contributed by atoms with Crippen LogP contribution in [0.3, 0.4) is 0 Å². The minimum absolute atomic E-state index is 0.346. The molecule has 0 rings (SSSR count). The SMILES string of the molecule is C\C=C/C(C#N)=C\C(=C/N)C(C)C. The van der Waals surface area contributed by atoms with Gasteiger partial charge in [0.25, 0.3) is 0 Å². The van der Waals surface area contributed by atoms with Crippen molar-refractivity contribution in [3.63, 3.8) is 0 Å². The van der Waals surface area contributed by atoms with Gasteiger partial charge in [-0.05, 0) is 36.8 Å². The molecule has 0 aliphatic heterocycles. The largest absolute Gasteiger partial charge is 0.404 e. The second kappa shape index (κ2) is 6.07. The molecule has 0 saturated carbocycles. The molecular formula is C11H16N2. The molecule has 0 spiro atoms. The monoisotopic (exact) mass is 176 g/mol. The van der Waals surface area contributed by atoms with Crippen LogP contribution in [-0.4, -0.2) is 0 Å². The number of hydrogen-bond acceptors (Lipinski definition) is 2. The molecule has 0 aliphatic carbocycles. The van der Waals surface area contributed by atoms with Crippen LogP contribution in [0.25, 0.3) is 0 Å². The third-order valence-electron chi connectivity index (χ3n) is 1.66.